The topological polar surface area (TPSA) is 72.6 Å². The van der Waals surface area contributed by atoms with Crippen molar-refractivity contribution in [2.75, 3.05) is 0 Å². The quantitative estimate of drug-likeness (QED) is 0.588. The number of carbonyl (C=O) groups is 2. The minimum absolute atomic E-state index is 0.420. The molecule has 2 aromatic rings. The predicted molar refractivity (Wildman–Crippen MR) is 59.7 cm³/mol. The number of nitrogens with zero attached hydrogens (tertiary/aromatic N) is 1. The van der Waals surface area contributed by atoms with Gasteiger partial charge in [-0.2, -0.15) is 10.8 Å². The Morgan fingerprint density at radius 1 is 0.941 bits per heavy atom. The van der Waals surface area contributed by atoms with E-state index < -0.39 is 11.8 Å². The maximum Gasteiger partial charge on any atom is 0.287 e. The first-order valence-corrected chi connectivity index (χ1v) is 5.01. The molecule has 0 fully saturated rings. The van der Waals surface area contributed by atoms with Gasteiger partial charge in [0.2, 0.25) is 0 Å². The molecule has 0 unspecified atom stereocenters. The first-order valence-electron chi connectivity index (χ1n) is 5.01. The van der Waals surface area contributed by atoms with Gasteiger partial charge in [-0.25, -0.2) is 0 Å². The molecule has 1 heterocycles. The number of amides is 2. The summed E-state index contributed by atoms with van der Waals surface area (Å²) in [5.41, 5.74) is 0.839. The molecule has 1 aliphatic heterocycles. The zero-order valence-electron chi connectivity index (χ0n) is 8.71. The van der Waals surface area contributed by atoms with E-state index in [4.69, 9.17) is 5.90 Å². The van der Waals surface area contributed by atoms with Crippen molar-refractivity contribution in [2.24, 2.45) is 5.90 Å². The summed E-state index contributed by atoms with van der Waals surface area (Å²) in [5, 5.41) is 2.06. The highest BCUT2D eigenvalue weighted by atomic mass is 16.8. The number of benzene rings is 2. The van der Waals surface area contributed by atoms with Crippen LogP contribution < -0.4 is 5.90 Å². The van der Waals surface area contributed by atoms with Crippen LogP contribution in [0.2, 0.25) is 0 Å². The molecule has 2 N–H and O–H groups in total. The lowest BCUT2D eigenvalue weighted by atomic mass is 9.95. The second-order valence-electron chi connectivity index (χ2n) is 3.72. The lowest BCUT2D eigenvalue weighted by Crippen LogP contribution is -2.41. The van der Waals surface area contributed by atoms with Crippen molar-refractivity contribution in [1.29, 1.82) is 0 Å². The van der Waals surface area contributed by atoms with Crippen molar-refractivity contribution in [3.63, 3.8) is 0 Å². The van der Waals surface area contributed by atoms with Crippen molar-refractivity contribution in [1.82, 2.24) is 5.06 Å². The molecule has 0 atom stereocenters. The van der Waals surface area contributed by atoms with Gasteiger partial charge in [-0.1, -0.05) is 24.3 Å². The van der Waals surface area contributed by atoms with Crippen molar-refractivity contribution in [2.45, 2.75) is 0 Å². The monoisotopic (exact) mass is 228 g/mol. The van der Waals surface area contributed by atoms with Gasteiger partial charge in [-0.05, 0) is 17.5 Å². The first kappa shape index (κ1) is 9.95. The average molecular weight is 228 g/mol. The molecule has 5 heteroatoms. The maximum atomic E-state index is 11.9. The fourth-order valence-electron chi connectivity index (χ4n) is 2.10. The highest BCUT2D eigenvalue weighted by Gasteiger charge is 2.33. The van der Waals surface area contributed by atoms with Gasteiger partial charge >= 0.3 is 0 Å². The highest BCUT2D eigenvalue weighted by molar-refractivity contribution is 6.24. The molecule has 0 spiro atoms. The largest absolute Gasteiger partial charge is 0.287 e. The molecule has 0 saturated heterocycles. The van der Waals surface area contributed by atoms with Gasteiger partial charge in [0.05, 0.1) is 11.1 Å². The van der Waals surface area contributed by atoms with Gasteiger partial charge in [-0.15, -0.1) is 5.06 Å². The van der Waals surface area contributed by atoms with Crippen LogP contribution in [0.4, 0.5) is 0 Å². The van der Waals surface area contributed by atoms with Gasteiger partial charge < -0.3 is 0 Å². The summed E-state index contributed by atoms with van der Waals surface area (Å²) in [6.07, 6.45) is 0. The van der Waals surface area contributed by atoms with E-state index in [0.717, 1.165) is 5.39 Å². The zero-order valence-corrected chi connectivity index (χ0v) is 8.71. The minimum Gasteiger partial charge on any atom is -0.266 e. The van der Waals surface area contributed by atoms with Gasteiger partial charge in [0.1, 0.15) is 0 Å². The van der Waals surface area contributed by atoms with Crippen LogP contribution in [-0.2, 0) is 4.94 Å². The van der Waals surface area contributed by atoms with E-state index >= 15 is 0 Å². The third kappa shape index (κ3) is 1.20. The lowest BCUT2D eigenvalue weighted by molar-refractivity contribution is -0.0976. The van der Waals surface area contributed by atoms with Gasteiger partial charge in [0.25, 0.3) is 11.8 Å². The Hall–Kier alpha value is -2.24. The fourth-order valence-corrected chi connectivity index (χ4v) is 2.10. The third-order valence-corrected chi connectivity index (χ3v) is 2.84. The molecular weight excluding hydrogens is 220 g/mol. The molecule has 0 saturated carbocycles. The highest BCUT2D eigenvalue weighted by Crippen LogP contribution is 2.29. The normalized spacial score (nSPS) is 14.5. The van der Waals surface area contributed by atoms with Crippen LogP contribution in [0.1, 0.15) is 20.7 Å². The van der Waals surface area contributed by atoms with Gasteiger partial charge in [0, 0.05) is 5.39 Å². The van der Waals surface area contributed by atoms with Crippen LogP contribution in [0.25, 0.3) is 10.8 Å². The van der Waals surface area contributed by atoms with E-state index in [2.05, 4.69) is 4.94 Å². The van der Waals surface area contributed by atoms with Crippen LogP contribution in [0.15, 0.2) is 36.4 Å². The Morgan fingerprint density at radius 2 is 1.47 bits per heavy atom. The number of hydrogen-bond donors (Lipinski definition) is 1. The van der Waals surface area contributed by atoms with E-state index in [1.54, 1.807) is 24.3 Å². The number of nitrogens with two attached hydrogens (primary N) is 1. The molecule has 0 aliphatic carbocycles. The van der Waals surface area contributed by atoms with E-state index in [9.17, 15) is 9.59 Å². The van der Waals surface area contributed by atoms with E-state index in [1.165, 1.54) is 0 Å². The van der Waals surface area contributed by atoms with Crippen LogP contribution in [0.3, 0.4) is 0 Å². The third-order valence-electron chi connectivity index (χ3n) is 2.84. The minimum atomic E-state index is -0.540. The molecule has 5 nitrogen and oxygen atoms in total. The van der Waals surface area contributed by atoms with Gasteiger partial charge in [-0.3, -0.25) is 9.59 Å². The number of rotatable bonds is 1. The SMILES string of the molecule is NON1C(=O)c2cccc3cccc(c23)C1=O. The molecule has 2 amide bonds. The molecule has 3 rings (SSSR count). The standard InChI is InChI=1S/C12H8N2O3/c13-17-14-11(15)8-5-1-3-7-4-2-6-9(10(7)8)12(14)16/h1-6H,13H2. The van der Waals surface area contributed by atoms with Crippen molar-refractivity contribution < 1.29 is 14.5 Å². The summed E-state index contributed by atoms with van der Waals surface area (Å²) >= 11 is 0. The van der Waals surface area contributed by atoms with Crippen molar-refractivity contribution in [3.8, 4) is 0 Å². The summed E-state index contributed by atoms with van der Waals surface area (Å²) in [7, 11) is 0. The van der Waals surface area contributed by atoms with Crippen LogP contribution in [0.5, 0.6) is 0 Å². The molecular formula is C12H8N2O3. The number of hydroxylamine groups is 2. The van der Waals surface area contributed by atoms with Gasteiger partial charge in [0.15, 0.2) is 0 Å². The van der Waals surface area contributed by atoms with Crippen LogP contribution in [-0.4, -0.2) is 16.9 Å². The number of imide groups is 1. The molecule has 1 aliphatic rings. The Labute approximate surface area is 96.3 Å². The fraction of sp³-hybridized carbons (Fsp3) is 0. The van der Waals surface area contributed by atoms with Crippen molar-refractivity contribution in [3.05, 3.63) is 47.5 Å². The molecule has 84 valence electrons. The summed E-state index contributed by atoms with van der Waals surface area (Å²) in [4.78, 5) is 28.2. The van der Waals surface area contributed by atoms with Crippen molar-refractivity contribution >= 4 is 22.6 Å². The molecule has 2 aromatic carbocycles. The average Bonchev–Trinajstić information content (AvgIpc) is 2.36. The molecule has 0 aromatic heterocycles. The van der Waals surface area contributed by atoms with Crippen LogP contribution in [0, 0.1) is 0 Å². The second kappa shape index (κ2) is 3.38. The smallest absolute Gasteiger partial charge is 0.266 e. The first-order chi connectivity index (χ1) is 8.24. The summed E-state index contributed by atoms with van der Waals surface area (Å²) in [6.45, 7) is 0. The summed E-state index contributed by atoms with van der Waals surface area (Å²) < 4.78 is 0. The maximum absolute atomic E-state index is 11.9. The zero-order chi connectivity index (χ0) is 12.0. The lowest BCUT2D eigenvalue weighted by Gasteiger charge is -2.23. The summed E-state index contributed by atoms with van der Waals surface area (Å²) in [5.74, 6) is 3.87. The van der Waals surface area contributed by atoms with E-state index in [1.807, 2.05) is 12.1 Å². The second-order valence-corrected chi connectivity index (χ2v) is 3.72. The Morgan fingerprint density at radius 3 is 1.94 bits per heavy atom. The molecule has 17 heavy (non-hydrogen) atoms. The Bertz CT molecular complexity index is 600. The Balaban J connectivity index is 2.43. The Kier molecular flexibility index (Phi) is 1.98. The number of hydrogen-bond acceptors (Lipinski definition) is 4. The van der Waals surface area contributed by atoms with E-state index in [-0.39, 0.29) is 0 Å². The van der Waals surface area contributed by atoms with Crippen LogP contribution >= 0.6 is 0 Å². The number of carbonyl (C=O) groups excluding carboxylic acids is 2. The summed E-state index contributed by atoms with van der Waals surface area (Å²) in [6, 6.07) is 10.5. The molecule has 0 radical (unpaired) electrons. The van der Waals surface area contributed by atoms with E-state index in [0.29, 0.717) is 21.6 Å². The molecule has 0 bridgehead atoms. The predicted octanol–water partition coefficient (Wildman–Crippen LogP) is 1.24.